The molecule has 6 heteroatoms. The van der Waals surface area contributed by atoms with E-state index >= 15 is 0 Å². The van der Waals surface area contributed by atoms with Crippen molar-refractivity contribution in [2.75, 3.05) is 7.11 Å². The predicted molar refractivity (Wildman–Crippen MR) is 50.4 cm³/mol. The van der Waals surface area contributed by atoms with Crippen molar-refractivity contribution < 1.29 is 17.9 Å². The van der Waals surface area contributed by atoms with E-state index in [4.69, 9.17) is 10.7 Å². The fourth-order valence-corrected chi connectivity index (χ4v) is 4.37. The number of rotatable bonds is 2. The van der Waals surface area contributed by atoms with Crippen LogP contribution in [-0.2, 0) is 18.6 Å². The average Bonchev–Trinajstić information content (AvgIpc) is 2.69. The van der Waals surface area contributed by atoms with E-state index in [1.807, 2.05) is 0 Å². The van der Waals surface area contributed by atoms with Gasteiger partial charge in [0.25, 0.3) is 0 Å². The maximum absolute atomic E-state index is 11.4. The van der Waals surface area contributed by atoms with Gasteiger partial charge in [-0.05, 0) is 25.2 Å². The molecule has 2 aliphatic carbocycles. The van der Waals surface area contributed by atoms with Crippen molar-refractivity contribution in [1.29, 1.82) is 0 Å². The highest BCUT2D eigenvalue weighted by atomic mass is 35.7. The Labute approximate surface area is 87.0 Å². The summed E-state index contributed by atoms with van der Waals surface area (Å²) in [4.78, 5) is 11.4. The summed E-state index contributed by atoms with van der Waals surface area (Å²) in [5, 5.41) is -0.553. The summed E-state index contributed by atoms with van der Waals surface area (Å²) in [6.45, 7) is 0. The van der Waals surface area contributed by atoms with Crippen molar-refractivity contribution in [3.63, 3.8) is 0 Å². The molecule has 2 rings (SSSR count). The molecular formula is C8H11ClO4S. The molecule has 0 aromatic rings. The molecule has 2 aliphatic rings. The Morgan fingerprint density at radius 1 is 1.57 bits per heavy atom. The predicted octanol–water partition coefficient (Wildman–Crippen LogP) is 0.897. The number of ether oxygens (including phenoxy) is 1. The van der Waals surface area contributed by atoms with Gasteiger partial charge in [-0.25, -0.2) is 8.42 Å². The number of hydrogen-bond donors (Lipinski definition) is 0. The van der Waals surface area contributed by atoms with Gasteiger partial charge in [-0.3, -0.25) is 4.79 Å². The summed E-state index contributed by atoms with van der Waals surface area (Å²) in [6, 6.07) is 0. The van der Waals surface area contributed by atoms with E-state index in [0.29, 0.717) is 19.3 Å². The van der Waals surface area contributed by atoms with Crippen LogP contribution in [-0.4, -0.2) is 26.7 Å². The molecule has 0 saturated heterocycles. The number of carbonyl (C=O) groups is 1. The SMILES string of the molecule is COC(=O)[C@@]12CC[C@H](S(=O)(=O)Cl)[C@@H]1C2. The molecule has 0 aromatic heterocycles. The van der Waals surface area contributed by atoms with Crippen LogP contribution in [0, 0.1) is 11.3 Å². The summed E-state index contributed by atoms with van der Waals surface area (Å²) in [5.74, 6) is -0.400. The van der Waals surface area contributed by atoms with Crippen molar-refractivity contribution >= 4 is 25.7 Å². The van der Waals surface area contributed by atoms with Crippen LogP contribution in [0.3, 0.4) is 0 Å². The van der Waals surface area contributed by atoms with Crippen molar-refractivity contribution in [3.05, 3.63) is 0 Å². The van der Waals surface area contributed by atoms with Gasteiger partial charge >= 0.3 is 5.97 Å². The highest BCUT2D eigenvalue weighted by Gasteiger charge is 2.69. The Bertz CT molecular complexity index is 377. The van der Waals surface area contributed by atoms with Crippen molar-refractivity contribution in [1.82, 2.24) is 0 Å². The third-order valence-electron chi connectivity index (χ3n) is 3.41. The molecule has 4 nitrogen and oxygen atoms in total. The maximum atomic E-state index is 11.4. The first-order valence-electron chi connectivity index (χ1n) is 4.44. The molecule has 3 atom stereocenters. The molecule has 80 valence electrons. The molecule has 0 bridgehead atoms. The zero-order valence-corrected chi connectivity index (χ0v) is 9.27. The molecule has 2 saturated carbocycles. The molecule has 0 N–H and O–H groups in total. The van der Waals surface area contributed by atoms with E-state index in [0.717, 1.165) is 0 Å². The van der Waals surface area contributed by atoms with Crippen molar-refractivity contribution in [2.24, 2.45) is 11.3 Å². The van der Waals surface area contributed by atoms with E-state index in [1.165, 1.54) is 7.11 Å². The lowest BCUT2D eigenvalue weighted by Crippen LogP contribution is -2.18. The Morgan fingerprint density at radius 2 is 2.21 bits per heavy atom. The molecule has 0 amide bonds. The lowest BCUT2D eigenvalue weighted by molar-refractivity contribution is -0.147. The van der Waals surface area contributed by atoms with Gasteiger partial charge in [0.05, 0.1) is 17.8 Å². The minimum Gasteiger partial charge on any atom is -0.469 e. The summed E-state index contributed by atoms with van der Waals surface area (Å²) in [7, 11) is 3.09. The fourth-order valence-electron chi connectivity index (χ4n) is 2.59. The van der Waals surface area contributed by atoms with Gasteiger partial charge in [-0.1, -0.05) is 0 Å². The molecule has 0 aliphatic heterocycles. The summed E-state index contributed by atoms with van der Waals surface area (Å²) >= 11 is 0. The number of carbonyl (C=O) groups excluding carboxylic acids is 1. The van der Waals surface area contributed by atoms with Gasteiger partial charge in [0.2, 0.25) is 9.05 Å². The van der Waals surface area contributed by atoms with Gasteiger partial charge in [-0.2, -0.15) is 0 Å². The molecule has 0 heterocycles. The summed E-state index contributed by atoms with van der Waals surface area (Å²) < 4.78 is 26.9. The Hall–Kier alpha value is -0.290. The van der Waals surface area contributed by atoms with Crippen LogP contribution in [0.15, 0.2) is 0 Å². The Balaban J connectivity index is 2.19. The first kappa shape index (κ1) is 10.2. The number of esters is 1. The third kappa shape index (κ3) is 1.26. The number of halogens is 1. The minimum absolute atomic E-state index is 0.113. The van der Waals surface area contributed by atoms with Crippen molar-refractivity contribution in [2.45, 2.75) is 24.5 Å². The Kier molecular flexibility index (Phi) is 2.09. The van der Waals surface area contributed by atoms with E-state index in [1.54, 1.807) is 0 Å². The quantitative estimate of drug-likeness (QED) is 0.530. The van der Waals surface area contributed by atoms with Crippen LogP contribution in [0.2, 0.25) is 0 Å². The standard InChI is InChI=1S/C8H11ClO4S/c1-13-7(10)8-3-2-6(5(8)4-8)14(9,11)12/h5-6H,2-4H2,1H3/t5-,6-,8+/m0/s1. The number of methoxy groups -OCH3 is 1. The number of fused-ring (bicyclic) bond motifs is 1. The van der Waals surface area contributed by atoms with Crippen LogP contribution < -0.4 is 0 Å². The van der Waals surface area contributed by atoms with Crippen LogP contribution in [0.4, 0.5) is 0 Å². The molecule has 0 aromatic carbocycles. The van der Waals surface area contributed by atoms with E-state index in [2.05, 4.69) is 4.74 Å². The first-order chi connectivity index (χ1) is 6.42. The van der Waals surface area contributed by atoms with Crippen LogP contribution >= 0.6 is 10.7 Å². The highest BCUT2D eigenvalue weighted by molar-refractivity contribution is 8.14. The lowest BCUT2D eigenvalue weighted by Gasteiger charge is -2.06. The molecule has 14 heavy (non-hydrogen) atoms. The van der Waals surface area contributed by atoms with Gasteiger partial charge in [0, 0.05) is 10.7 Å². The second kappa shape index (κ2) is 2.85. The lowest BCUT2D eigenvalue weighted by atomic mass is 10.1. The van der Waals surface area contributed by atoms with Crippen LogP contribution in [0.5, 0.6) is 0 Å². The zero-order chi connectivity index (χ0) is 10.6. The van der Waals surface area contributed by atoms with Crippen molar-refractivity contribution in [3.8, 4) is 0 Å². The molecule has 0 radical (unpaired) electrons. The van der Waals surface area contributed by atoms with Crippen LogP contribution in [0.25, 0.3) is 0 Å². The van der Waals surface area contributed by atoms with Gasteiger partial charge in [0.15, 0.2) is 0 Å². The third-order valence-corrected chi connectivity index (χ3v) is 5.39. The van der Waals surface area contributed by atoms with E-state index in [-0.39, 0.29) is 11.9 Å². The molecule has 0 spiro atoms. The average molecular weight is 239 g/mol. The molecular weight excluding hydrogens is 228 g/mol. The maximum Gasteiger partial charge on any atom is 0.312 e. The summed E-state index contributed by atoms with van der Waals surface area (Å²) in [6.07, 6.45) is 1.67. The highest BCUT2D eigenvalue weighted by Crippen LogP contribution is 2.65. The second-order valence-electron chi connectivity index (χ2n) is 4.01. The molecule has 2 fully saturated rings. The molecule has 0 unspecified atom stereocenters. The smallest absolute Gasteiger partial charge is 0.312 e. The first-order valence-corrected chi connectivity index (χ1v) is 6.81. The van der Waals surface area contributed by atoms with Gasteiger partial charge < -0.3 is 4.74 Å². The number of hydrogen-bond acceptors (Lipinski definition) is 4. The summed E-state index contributed by atoms with van der Waals surface area (Å²) in [5.41, 5.74) is -0.526. The van der Waals surface area contributed by atoms with Gasteiger partial charge in [-0.15, -0.1) is 0 Å². The Morgan fingerprint density at radius 3 is 2.57 bits per heavy atom. The largest absolute Gasteiger partial charge is 0.469 e. The van der Waals surface area contributed by atoms with E-state index < -0.39 is 19.7 Å². The zero-order valence-electron chi connectivity index (χ0n) is 7.70. The van der Waals surface area contributed by atoms with E-state index in [9.17, 15) is 13.2 Å². The fraction of sp³-hybridized carbons (Fsp3) is 0.875. The minimum atomic E-state index is -3.53. The monoisotopic (exact) mass is 238 g/mol. The topological polar surface area (TPSA) is 60.4 Å². The second-order valence-corrected chi connectivity index (χ2v) is 6.86. The normalized spacial score (nSPS) is 40.4. The van der Waals surface area contributed by atoms with Gasteiger partial charge in [0.1, 0.15) is 0 Å². The van der Waals surface area contributed by atoms with Crippen LogP contribution in [0.1, 0.15) is 19.3 Å².